The van der Waals surface area contributed by atoms with Gasteiger partial charge in [0.15, 0.2) is 5.60 Å². The third-order valence-electron chi connectivity index (χ3n) is 8.12. The van der Waals surface area contributed by atoms with Crippen LogP contribution in [0.1, 0.15) is 54.1 Å². The lowest BCUT2D eigenvalue weighted by atomic mass is 9.82. The summed E-state index contributed by atoms with van der Waals surface area (Å²) in [5, 5.41) is 24.5. The van der Waals surface area contributed by atoms with Crippen LogP contribution < -0.4 is 10.2 Å². The molecule has 4 rings (SSSR count). The van der Waals surface area contributed by atoms with E-state index in [9.17, 15) is 29.4 Å². The highest BCUT2D eigenvalue weighted by Crippen LogP contribution is 2.46. The van der Waals surface area contributed by atoms with Gasteiger partial charge in [0.25, 0.3) is 11.8 Å². The molecule has 46 heavy (non-hydrogen) atoms. The highest BCUT2D eigenvalue weighted by molar-refractivity contribution is 6.09. The summed E-state index contributed by atoms with van der Waals surface area (Å²) in [5.41, 5.74) is 0.691. The van der Waals surface area contributed by atoms with Crippen molar-refractivity contribution in [3.63, 3.8) is 0 Å². The first-order chi connectivity index (χ1) is 22.2. The number of esters is 1. The quantitative estimate of drug-likeness (QED) is 0.129. The van der Waals surface area contributed by atoms with E-state index in [0.717, 1.165) is 5.56 Å². The summed E-state index contributed by atoms with van der Waals surface area (Å²) in [5.74, 6) is -2.14. The number of nitrogens with one attached hydrogen (secondary N) is 1. The number of carbonyl (C=O) groups excluding carboxylic acids is 4. The molecule has 3 aromatic rings. The van der Waals surface area contributed by atoms with Crippen molar-refractivity contribution in [1.82, 2.24) is 4.90 Å². The Morgan fingerprint density at radius 2 is 1.72 bits per heavy atom. The van der Waals surface area contributed by atoms with Crippen LogP contribution in [0, 0.1) is 5.92 Å². The number of hydrogen-bond donors (Lipinski definition) is 3. The summed E-state index contributed by atoms with van der Waals surface area (Å²) < 4.78 is 4.71. The van der Waals surface area contributed by atoms with E-state index in [1.54, 1.807) is 66.4 Å². The van der Waals surface area contributed by atoms with Gasteiger partial charge in [-0.2, -0.15) is 0 Å². The maximum absolute atomic E-state index is 13.9. The first-order valence-corrected chi connectivity index (χ1v) is 15.4. The predicted octanol–water partition coefficient (Wildman–Crippen LogP) is 4.42. The molecule has 2 atom stereocenters. The van der Waals surface area contributed by atoms with Gasteiger partial charge in [0.1, 0.15) is 0 Å². The van der Waals surface area contributed by atoms with Crippen molar-refractivity contribution in [2.24, 2.45) is 5.92 Å². The van der Waals surface area contributed by atoms with Crippen molar-refractivity contribution in [3.8, 4) is 0 Å². The fraction of sp³-hybridized carbons (Fsp3) is 0.333. The van der Waals surface area contributed by atoms with E-state index < -0.39 is 17.4 Å². The molecule has 1 aliphatic rings. The van der Waals surface area contributed by atoms with E-state index in [1.807, 2.05) is 36.4 Å². The molecule has 0 saturated carbocycles. The molecule has 0 saturated heterocycles. The first-order valence-electron chi connectivity index (χ1n) is 15.4. The lowest BCUT2D eigenvalue weighted by Gasteiger charge is -2.28. The number of benzene rings is 3. The smallest absolute Gasteiger partial charge is 0.305 e. The summed E-state index contributed by atoms with van der Waals surface area (Å²) in [6.07, 6.45) is 4.51. The molecule has 1 aliphatic heterocycles. The summed E-state index contributed by atoms with van der Waals surface area (Å²) in [6.45, 7) is 2.32. The number of carbonyl (C=O) groups is 4. The number of aliphatic hydroxyl groups is 2. The molecule has 0 bridgehead atoms. The number of anilines is 2. The van der Waals surface area contributed by atoms with E-state index in [0.29, 0.717) is 41.9 Å². The van der Waals surface area contributed by atoms with Crippen LogP contribution in [0.3, 0.4) is 0 Å². The van der Waals surface area contributed by atoms with Gasteiger partial charge in [0, 0.05) is 55.2 Å². The Bertz CT molecular complexity index is 1540. The SMILES string of the molecule is COC(=O)CCCCN1C(=O)[C@](O)([C@H](C)/C=C/CC(=O)N(CCO)Cc2ccccc2)c2cc(NC(=O)c3ccccc3)ccc21. The van der Waals surface area contributed by atoms with Crippen LogP contribution in [0.5, 0.6) is 0 Å². The van der Waals surface area contributed by atoms with Gasteiger partial charge in [-0.1, -0.05) is 67.6 Å². The molecular formula is C36H41N3O7. The predicted molar refractivity (Wildman–Crippen MR) is 175 cm³/mol. The Morgan fingerprint density at radius 3 is 2.39 bits per heavy atom. The molecule has 0 unspecified atom stereocenters. The minimum atomic E-state index is -1.97. The largest absolute Gasteiger partial charge is 0.469 e. The normalized spacial score (nSPS) is 16.3. The summed E-state index contributed by atoms with van der Waals surface area (Å²) in [6, 6.07) is 23.2. The Balaban J connectivity index is 1.55. The number of nitrogens with zero attached hydrogens (tertiary/aromatic N) is 2. The fourth-order valence-electron chi connectivity index (χ4n) is 5.54. The summed E-state index contributed by atoms with van der Waals surface area (Å²) in [4.78, 5) is 54.5. The van der Waals surface area contributed by atoms with Crippen LogP contribution in [-0.2, 0) is 31.3 Å². The van der Waals surface area contributed by atoms with Gasteiger partial charge in [-0.3, -0.25) is 19.2 Å². The Kier molecular flexibility index (Phi) is 11.8. The number of methoxy groups -OCH3 is 1. The number of amides is 3. The Morgan fingerprint density at radius 1 is 1.02 bits per heavy atom. The molecule has 0 radical (unpaired) electrons. The number of fused-ring (bicyclic) bond motifs is 1. The van der Waals surface area contributed by atoms with Crippen molar-refractivity contribution >= 4 is 35.1 Å². The maximum Gasteiger partial charge on any atom is 0.305 e. The van der Waals surface area contributed by atoms with Crippen LogP contribution in [0.25, 0.3) is 0 Å². The van der Waals surface area contributed by atoms with Gasteiger partial charge in [-0.25, -0.2) is 0 Å². The van der Waals surface area contributed by atoms with Crippen LogP contribution in [-0.4, -0.2) is 65.6 Å². The monoisotopic (exact) mass is 627 g/mol. The second kappa shape index (κ2) is 16.0. The number of aliphatic hydroxyl groups excluding tert-OH is 1. The zero-order valence-corrected chi connectivity index (χ0v) is 26.2. The number of ether oxygens (including phenoxy) is 1. The highest BCUT2D eigenvalue weighted by atomic mass is 16.5. The molecule has 10 nitrogen and oxygen atoms in total. The average molecular weight is 628 g/mol. The molecule has 10 heteroatoms. The zero-order valence-electron chi connectivity index (χ0n) is 26.2. The number of unbranched alkanes of at least 4 members (excludes halogenated alkanes) is 1. The van der Waals surface area contributed by atoms with E-state index in [4.69, 9.17) is 4.74 Å². The molecule has 0 aromatic heterocycles. The molecule has 3 aromatic carbocycles. The molecule has 242 valence electrons. The first kappa shape index (κ1) is 34.1. The maximum atomic E-state index is 13.9. The number of rotatable bonds is 15. The van der Waals surface area contributed by atoms with Gasteiger partial charge in [-0.05, 0) is 48.7 Å². The minimum Gasteiger partial charge on any atom is -0.469 e. The van der Waals surface area contributed by atoms with Crippen molar-refractivity contribution in [2.75, 3.05) is 37.0 Å². The lowest BCUT2D eigenvalue weighted by molar-refractivity contribution is -0.140. The van der Waals surface area contributed by atoms with Crippen LogP contribution in [0.2, 0.25) is 0 Å². The lowest BCUT2D eigenvalue weighted by Crippen LogP contribution is -2.44. The summed E-state index contributed by atoms with van der Waals surface area (Å²) >= 11 is 0. The minimum absolute atomic E-state index is 0.0126. The van der Waals surface area contributed by atoms with Gasteiger partial charge in [-0.15, -0.1) is 0 Å². The zero-order chi connectivity index (χ0) is 33.1. The van der Waals surface area contributed by atoms with Crippen molar-refractivity contribution in [3.05, 3.63) is 108 Å². The molecule has 0 fully saturated rings. The summed E-state index contributed by atoms with van der Waals surface area (Å²) in [7, 11) is 1.33. The molecule has 0 aliphatic carbocycles. The molecule has 1 heterocycles. The van der Waals surface area contributed by atoms with Gasteiger partial charge in [0.05, 0.1) is 19.4 Å². The molecular weight excluding hydrogens is 586 g/mol. The average Bonchev–Trinajstić information content (AvgIpc) is 3.29. The van der Waals surface area contributed by atoms with Crippen molar-refractivity contribution in [2.45, 2.75) is 44.8 Å². The van der Waals surface area contributed by atoms with E-state index in [1.165, 1.54) is 12.0 Å². The topological polar surface area (TPSA) is 136 Å². The molecule has 3 N–H and O–H groups in total. The Labute approximate surface area is 269 Å². The van der Waals surface area contributed by atoms with Crippen LogP contribution >= 0.6 is 0 Å². The van der Waals surface area contributed by atoms with Gasteiger partial charge < -0.3 is 30.1 Å². The van der Waals surface area contributed by atoms with E-state index in [-0.39, 0.29) is 50.3 Å². The van der Waals surface area contributed by atoms with E-state index in [2.05, 4.69) is 5.32 Å². The third-order valence-corrected chi connectivity index (χ3v) is 8.12. The highest BCUT2D eigenvalue weighted by Gasteiger charge is 2.52. The van der Waals surface area contributed by atoms with E-state index >= 15 is 0 Å². The number of hydrogen-bond acceptors (Lipinski definition) is 7. The van der Waals surface area contributed by atoms with Crippen molar-refractivity contribution < 1.29 is 34.1 Å². The standard InChI is InChI=1S/C36H41N3O7/c1-26(12-11-17-32(41)38(22-23-40)25-27-13-5-3-6-14-27)36(45)30-24-29(37-34(43)28-15-7-4-8-16-28)19-20-31(30)39(35(36)44)21-10-9-18-33(42)46-2/h3-8,11-16,19-20,24,26,40,45H,9-10,17-18,21-23,25H2,1-2H3,(H,37,43)/b12-11+/t26-,36+/m1/s1. The van der Waals surface area contributed by atoms with Crippen molar-refractivity contribution in [1.29, 1.82) is 0 Å². The second-order valence-electron chi connectivity index (χ2n) is 11.3. The Hall–Kier alpha value is -4.80. The molecule has 0 spiro atoms. The van der Waals surface area contributed by atoms with Gasteiger partial charge in [0.2, 0.25) is 5.91 Å². The molecule has 3 amide bonds. The second-order valence-corrected chi connectivity index (χ2v) is 11.3. The van der Waals surface area contributed by atoms with Crippen LogP contribution in [0.15, 0.2) is 91.0 Å². The third kappa shape index (κ3) is 8.07. The van der Waals surface area contributed by atoms with Crippen LogP contribution in [0.4, 0.5) is 11.4 Å². The fourth-order valence-corrected chi connectivity index (χ4v) is 5.54. The van der Waals surface area contributed by atoms with Gasteiger partial charge >= 0.3 is 5.97 Å².